The van der Waals surface area contributed by atoms with Crippen LogP contribution < -0.4 is 10.9 Å². The Kier molecular flexibility index (Phi) is 4.60. The average Bonchev–Trinajstić information content (AvgIpc) is 3.10. The maximum absolute atomic E-state index is 13.5. The number of nitrogens with one attached hydrogen (secondary N) is 2. The number of carbonyl (C=O) groups is 1. The van der Waals surface area contributed by atoms with Crippen molar-refractivity contribution in [2.45, 2.75) is 19.4 Å². The van der Waals surface area contributed by atoms with E-state index >= 15 is 0 Å². The van der Waals surface area contributed by atoms with Crippen molar-refractivity contribution in [3.8, 4) is 0 Å². The van der Waals surface area contributed by atoms with Crippen molar-refractivity contribution in [2.24, 2.45) is 0 Å². The van der Waals surface area contributed by atoms with Gasteiger partial charge in [-0.2, -0.15) is 4.68 Å². The van der Waals surface area contributed by atoms with Crippen LogP contribution in [0.4, 0.5) is 4.39 Å². The number of halogens is 1. The normalized spacial score (nSPS) is 12.4. The quantitative estimate of drug-likeness (QED) is 0.557. The molecule has 0 saturated carbocycles. The highest BCUT2D eigenvalue weighted by atomic mass is 19.1. The highest BCUT2D eigenvalue weighted by Gasteiger charge is 2.19. The van der Waals surface area contributed by atoms with Crippen LogP contribution in [-0.4, -0.2) is 32.4 Å². The molecule has 8 heteroatoms. The van der Waals surface area contributed by atoms with Gasteiger partial charge in [0, 0.05) is 23.6 Å². The van der Waals surface area contributed by atoms with Crippen LogP contribution in [0, 0.1) is 5.82 Å². The molecule has 2 aromatic carbocycles. The number of carbonyl (C=O) groups excluding carboxylic acids is 1. The smallest absolute Gasteiger partial charge is 0.278 e. The number of H-pyrrole nitrogens is 1. The van der Waals surface area contributed by atoms with E-state index in [1.54, 1.807) is 43.5 Å². The molecule has 28 heavy (non-hydrogen) atoms. The van der Waals surface area contributed by atoms with Crippen molar-refractivity contribution < 1.29 is 9.18 Å². The van der Waals surface area contributed by atoms with Gasteiger partial charge in [-0.25, -0.2) is 4.39 Å². The molecule has 0 aliphatic carbocycles. The van der Waals surface area contributed by atoms with Crippen LogP contribution in [-0.2, 0) is 11.2 Å². The van der Waals surface area contributed by atoms with E-state index < -0.39 is 6.04 Å². The van der Waals surface area contributed by atoms with E-state index in [4.69, 9.17) is 0 Å². The first kappa shape index (κ1) is 17.8. The average molecular weight is 379 g/mol. The molecule has 0 spiro atoms. The van der Waals surface area contributed by atoms with Gasteiger partial charge in [0.05, 0.1) is 5.39 Å². The number of rotatable bonds is 5. The molecule has 0 aliphatic rings. The number of fused-ring (bicyclic) bond motifs is 2. The highest BCUT2D eigenvalue weighted by molar-refractivity contribution is 5.84. The minimum atomic E-state index is -0.801. The lowest BCUT2D eigenvalue weighted by atomic mass is 10.1. The first-order valence-corrected chi connectivity index (χ1v) is 8.92. The molecule has 2 heterocycles. The fourth-order valence-electron chi connectivity index (χ4n) is 3.19. The largest absolute Gasteiger partial charge is 0.361 e. The molecule has 2 N–H and O–H groups in total. The van der Waals surface area contributed by atoms with Crippen molar-refractivity contribution in [3.63, 3.8) is 0 Å². The minimum absolute atomic E-state index is 0.305. The van der Waals surface area contributed by atoms with Gasteiger partial charge in [0.15, 0.2) is 0 Å². The van der Waals surface area contributed by atoms with Gasteiger partial charge in [-0.3, -0.25) is 9.59 Å². The molecule has 2 aromatic heterocycles. The van der Waals surface area contributed by atoms with Crippen LogP contribution in [0.3, 0.4) is 0 Å². The summed E-state index contributed by atoms with van der Waals surface area (Å²) in [5.41, 5.74) is 1.88. The number of aromatic amines is 1. The fraction of sp³-hybridized carbons (Fsp3) is 0.200. The van der Waals surface area contributed by atoms with Gasteiger partial charge in [0.2, 0.25) is 5.91 Å². The molecule has 0 aliphatic heterocycles. The highest BCUT2D eigenvalue weighted by Crippen LogP contribution is 2.19. The Hall–Kier alpha value is -3.55. The summed E-state index contributed by atoms with van der Waals surface area (Å²) in [6.07, 6.45) is 2.33. The second kappa shape index (κ2) is 7.22. The lowest BCUT2D eigenvalue weighted by Gasteiger charge is -2.13. The van der Waals surface area contributed by atoms with E-state index in [0.29, 0.717) is 23.9 Å². The van der Waals surface area contributed by atoms with Crippen molar-refractivity contribution in [3.05, 3.63) is 70.4 Å². The molecule has 7 nitrogen and oxygen atoms in total. The van der Waals surface area contributed by atoms with Crippen LogP contribution in [0.2, 0.25) is 0 Å². The molecule has 0 fully saturated rings. The monoisotopic (exact) mass is 379 g/mol. The van der Waals surface area contributed by atoms with Crippen LogP contribution in [0.25, 0.3) is 21.8 Å². The van der Waals surface area contributed by atoms with E-state index in [-0.39, 0.29) is 17.3 Å². The van der Waals surface area contributed by atoms with Gasteiger partial charge < -0.3 is 10.3 Å². The SMILES string of the molecule is C[C@H](C(=O)NCCc1c[nH]c2ccc(F)cc12)n1nnc2ccccc2c1=O. The molecular formula is C20H18FN5O2. The van der Waals surface area contributed by atoms with Gasteiger partial charge in [-0.1, -0.05) is 17.3 Å². The predicted molar refractivity (Wildman–Crippen MR) is 103 cm³/mol. The van der Waals surface area contributed by atoms with E-state index in [0.717, 1.165) is 21.1 Å². The molecule has 4 aromatic rings. The Morgan fingerprint density at radius 1 is 1.25 bits per heavy atom. The zero-order chi connectivity index (χ0) is 19.7. The van der Waals surface area contributed by atoms with Crippen LogP contribution in [0.1, 0.15) is 18.5 Å². The summed E-state index contributed by atoms with van der Waals surface area (Å²) < 4.78 is 14.5. The maximum atomic E-state index is 13.5. The molecule has 0 unspecified atom stereocenters. The lowest BCUT2D eigenvalue weighted by Crippen LogP contribution is -2.38. The second-order valence-corrected chi connectivity index (χ2v) is 6.58. The van der Waals surface area contributed by atoms with Gasteiger partial charge in [0.1, 0.15) is 17.4 Å². The van der Waals surface area contributed by atoms with Crippen molar-refractivity contribution >= 4 is 27.7 Å². The summed E-state index contributed by atoms with van der Waals surface area (Å²) in [6.45, 7) is 1.95. The maximum Gasteiger partial charge on any atom is 0.278 e. The van der Waals surface area contributed by atoms with E-state index in [1.807, 2.05) is 0 Å². The molecule has 0 bridgehead atoms. The summed E-state index contributed by atoms with van der Waals surface area (Å²) >= 11 is 0. The molecular weight excluding hydrogens is 361 g/mol. The number of hydrogen-bond acceptors (Lipinski definition) is 4. The van der Waals surface area contributed by atoms with Gasteiger partial charge in [0.25, 0.3) is 5.56 Å². The van der Waals surface area contributed by atoms with Crippen LogP contribution in [0.15, 0.2) is 53.5 Å². The molecule has 1 amide bonds. The van der Waals surface area contributed by atoms with Crippen molar-refractivity contribution in [1.82, 2.24) is 25.3 Å². The van der Waals surface area contributed by atoms with E-state index in [1.165, 1.54) is 12.1 Å². The Morgan fingerprint density at radius 3 is 2.93 bits per heavy atom. The summed E-state index contributed by atoms with van der Waals surface area (Å²) in [6, 6.07) is 10.6. The number of aromatic nitrogens is 4. The molecule has 0 radical (unpaired) electrons. The third kappa shape index (κ3) is 3.24. The molecule has 4 rings (SSSR count). The first-order valence-electron chi connectivity index (χ1n) is 8.92. The topological polar surface area (TPSA) is 92.7 Å². The fourth-order valence-corrected chi connectivity index (χ4v) is 3.19. The standard InChI is InChI=1S/C20H18FN5O2/c1-12(26-20(28)15-4-2-3-5-18(15)24-25-26)19(27)22-9-8-13-11-23-17-7-6-14(21)10-16(13)17/h2-7,10-12,23H,8-9H2,1H3,(H,22,27)/t12-/m1/s1. The lowest BCUT2D eigenvalue weighted by molar-refractivity contribution is -0.124. The number of benzene rings is 2. The third-order valence-corrected chi connectivity index (χ3v) is 4.76. The zero-order valence-corrected chi connectivity index (χ0v) is 15.1. The number of nitrogens with zero attached hydrogens (tertiary/aromatic N) is 3. The van der Waals surface area contributed by atoms with E-state index in [9.17, 15) is 14.0 Å². The first-order chi connectivity index (χ1) is 13.5. The number of hydrogen-bond donors (Lipinski definition) is 2. The van der Waals surface area contributed by atoms with Crippen LogP contribution in [0.5, 0.6) is 0 Å². The summed E-state index contributed by atoms with van der Waals surface area (Å²) in [4.78, 5) is 28.1. The molecule has 0 saturated heterocycles. The van der Waals surface area contributed by atoms with Crippen molar-refractivity contribution in [1.29, 1.82) is 0 Å². The number of amides is 1. The van der Waals surface area contributed by atoms with Gasteiger partial charge in [-0.05, 0) is 49.2 Å². The van der Waals surface area contributed by atoms with Crippen LogP contribution >= 0.6 is 0 Å². The Bertz CT molecular complexity index is 1230. The zero-order valence-electron chi connectivity index (χ0n) is 15.1. The molecule has 142 valence electrons. The van der Waals surface area contributed by atoms with E-state index in [2.05, 4.69) is 20.6 Å². The summed E-state index contributed by atoms with van der Waals surface area (Å²) in [5, 5.41) is 11.9. The molecule has 1 atom stereocenters. The Labute approximate surface area is 159 Å². The Morgan fingerprint density at radius 2 is 2.07 bits per heavy atom. The van der Waals surface area contributed by atoms with Gasteiger partial charge in [-0.15, -0.1) is 5.10 Å². The Balaban J connectivity index is 1.45. The summed E-state index contributed by atoms with van der Waals surface area (Å²) in [7, 11) is 0. The van der Waals surface area contributed by atoms with Crippen molar-refractivity contribution in [2.75, 3.05) is 6.54 Å². The predicted octanol–water partition coefficient (Wildman–Crippen LogP) is 2.33. The van der Waals surface area contributed by atoms with Gasteiger partial charge >= 0.3 is 0 Å². The summed E-state index contributed by atoms with van der Waals surface area (Å²) in [5.74, 6) is -0.641. The second-order valence-electron chi connectivity index (χ2n) is 6.58. The third-order valence-electron chi connectivity index (χ3n) is 4.76. The minimum Gasteiger partial charge on any atom is -0.361 e.